The Hall–Kier alpha value is -1.35. The molecule has 2 N–H and O–H groups in total. The number of carbonyl (C=O) groups excluding carboxylic acids is 1. The van der Waals surface area contributed by atoms with Gasteiger partial charge in [0.1, 0.15) is 0 Å². The van der Waals surface area contributed by atoms with Crippen molar-refractivity contribution >= 4 is 5.91 Å². The monoisotopic (exact) mass is 275 g/mol. The lowest BCUT2D eigenvalue weighted by atomic mass is 9.89. The highest BCUT2D eigenvalue weighted by Crippen LogP contribution is 2.48. The van der Waals surface area contributed by atoms with Crippen LogP contribution in [-0.4, -0.2) is 24.2 Å². The summed E-state index contributed by atoms with van der Waals surface area (Å²) in [5, 5.41) is 12.0. The molecule has 1 fully saturated rings. The van der Waals surface area contributed by atoms with Crippen LogP contribution in [0.5, 0.6) is 0 Å². The molecule has 3 nitrogen and oxygen atoms in total. The van der Waals surface area contributed by atoms with Gasteiger partial charge in [0.05, 0.1) is 0 Å². The van der Waals surface area contributed by atoms with Crippen molar-refractivity contribution in [3.8, 4) is 0 Å². The van der Waals surface area contributed by atoms with Gasteiger partial charge in [0.15, 0.2) is 0 Å². The van der Waals surface area contributed by atoms with Gasteiger partial charge in [0.25, 0.3) is 0 Å². The zero-order valence-electron chi connectivity index (χ0n) is 12.6. The summed E-state index contributed by atoms with van der Waals surface area (Å²) in [6.45, 7) is 7.03. The van der Waals surface area contributed by atoms with Gasteiger partial charge >= 0.3 is 0 Å². The molecule has 2 unspecified atom stereocenters. The zero-order valence-corrected chi connectivity index (χ0v) is 12.6. The second-order valence-corrected chi connectivity index (χ2v) is 6.66. The number of rotatable bonds is 6. The first-order chi connectivity index (χ1) is 9.44. The van der Waals surface area contributed by atoms with Crippen LogP contribution in [0, 0.1) is 18.3 Å². The highest BCUT2D eigenvalue weighted by Gasteiger charge is 2.44. The molecule has 2 rings (SSSR count). The predicted molar refractivity (Wildman–Crippen MR) is 80.5 cm³/mol. The third kappa shape index (κ3) is 3.60. The summed E-state index contributed by atoms with van der Waals surface area (Å²) in [6.07, 6.45) is 1.66. The van der Waals surface area contributed by atoms with Gasteiger partial charge in [-0.25, -0.2) is 0 Å². The van der Waals surface area contributed by atoms with Crippen molar-refractivity contribution in [2.45, 2.75) is 39.5 Å². The number of aliphatic hydroxyl groups is 1. The van der Waals surface area contributed by atoms with Gasteiger partial charge < -0.3 is 10.4 Å². The maximum atomic E-state index is 12.2. The van der Waals surface area contributed by atoms with Crippen LogP contribution in [0.15, 0.2) is 24.3 Å². The van der Waals surface area contributed by atoms with Crippen molar-refractivity contribution < 1.29 is 9.90 Å². The van der Waals surface area contributed by atoms with E-state index in [0.29, 0.717) is 18.9 Å². The summed E-state index contributed by atoms with van der Waals surface area (Å²) in [6, 6.07) is 8.31. The SMILES string of the molecule is Cc1ccccc1C1CC1C(=O)NCC(C)(C)CCO. The summed E-state index contributed by atoms with van der Waals surface area (Å²) in [5.41, 5.74) is 2.54. The van der Waals surface area contributed by atoms with Crippen molar-refractivity contribution in [1.82, 2.24) is 5.32 Å². The Morgan fingerprint density at radius 1 is 1.40 bits per heavy atom. The molecule has 0 bridgehead atoms. The van der Waals surface area contributed by atoms with Crippen LogP contribution >= 0.6 is 0 Å². The molecule has 1 amide bonds. The van der Waals surface area contributed by atoms with E-state index < -0.39 is 0 Å². The van der Waals surface area contributed by atoms with Gasteiger partial charge in [-0.1, -0.05) is 38.1 Å². The molecule has 1 aliphatic carbocycles. The van der Waals surface area contributed by atoms with Gasteiger partial charge in [-0.15, -0.1) is 0 Å². The quantitative estimate of drug-likeness (QED) is 0.838. The third-order valence-electron chi connectivity index (χ3n) is 4.24. The van der Waals surface area contributed by atoms with Gasteiger partial charge in [0, 0.05) is 19.1 Å². The van der Waals surface area contributed by atoms with Crippen molar-refractivity contribution in [2.24, 2.45) is 11.3 Å². The summed E-state index contributed by atoms with van der Waals surface area (Å²) >= 11 is 0. The molecular formula is C17H25NO2. The highest BCUT2D eigenvalue weighted by molar-refractivity contribution is 5.83. The fraction of sp³-hybridized carbons (Fsp3) is 0.588. The Morgan fingerprint density at radius 3 is 2.75 bits per heavy atom. The van der Waals surface area contributed by atoms with E-state index in [1.54, 1.807) is 0 Å². The standard InChI is InChI=1S/C17H25NO2/c1-12-6-4-5-7-13(12)14-10-15(14)16(20)18-11-17(2,3)8-9-19/h4-7,14-15,19H,8-11H2,1-3H3,(H,18,20). The maximum Gasteiger partial charge on any atom is 0.223 e. The molecule has 0 aliphatic heterocycles. The normalized spacial score (nSPS) is 21.6. The number of hydrogen-bond donors (Lipinski definition) is 2. The first-order valence-corrected chi connectivity index (χ1v) is 7.39. The van der Waals surface area contributed by atoms with E-state index in [4.69, 9.17) is 5.11 Å². The minimum absolute atomic E-state index is 0.0442. The smallest absolute Gasteiger partial charge is 0.223 e. The average Bonchev–Trinajstić information content (AvgIpc) is 3.17. The first-order valence-electron chi connectivity index (χ1n) is 7.39. The lowest BCUT2D eigenvalue weighted by Gasteiger charge is -2.23. The molecule has 0 radical (unpaired) electrons. The lowest BCUT2D eigenvalue weighted by Crippen LogP contribution is -2.35. The van der Waals surface area contributed by atoms with Crippen LogP contribution in [0.1, 0.15) is 43.7 Å². The van der Waals surface area contributed by atoms with Crippen LogP contribution < -0.4 is 5.32 Å². The second kappa shape index (κ2) is 5.96. The Morgan fingerprint density at radius 2 is 2.10 bits per heavy atom. The molecule has 1 aromatic rings. The van der Waals surface area contributed by atoms with E-state index in [2.05, 4.69) is 38.2 Å². The Kier molecular flexibility index (Phi) is 4.48. The minimum Gasteiger partial charge on any atom is -0.396 e. The lowest BCUT2D eigenvalue weighted by molar-refractivity contribution is -0.122. The topological polar surface area (TPSA) is 49.3 Å². The Bertz CT molecular complexity index is 482. The number of nitrogens with one attached hydrogen (secondary N) is 1. The third-order valence-corrected chi connectivity index (χ3v) is 4.24. The molecule has 1 aromatic carbocycles. The average molecular weight is 275 g/mol. The Labute approximate surface area is 121 Å². The van der Waals surface area contributed by atoms with Crippen LogP contribution in [0.3, 0.4) is 0 Å². The fourth-order valence-electron chi connectivity index (χ4n) is 2.68. The molecule has 20 heavy (non-hydrogen) atoms. The number of carbonyl (C=O) groups is 1. The van der Waals surface area contributed by atoms with Crippen molar-refractivity contribution in [1.29, 1.82) is 0 Å². The molecule has 0 saturated heterocycles. The molecule has 0 spiro atoms. The molecule has 3 heteroatoms. The number of aliphatic hydroxyl groups excluding tert-OH is 1. The molecule has 1 aliphatic rings. The van der Waals surface area contributed by atoms with Crippen LogP contribution in [0.25, 0.3) is 0 Å². The molecule has 0 heterocycles. The number of amides is 1. The molecule has 2 atom stereocenters. The van der Waals surface area contributed by atoms with E-state index >= 15 is 0 Å². The minimum atomic E-state index is -0.0442. The van der Waals surface area contributed by atoms with Crippen molar-refractivity contribution in [3.63, 3.8) is 0 Å². The van der Waals surface area contributed by atoms with Gasteiger partial charge in [-0.05, 0) is 42.2 Å². The van der Waals surface area contributed by atoms with Crippen LogP contribution in [0.2, 0.25) is 0 Å². The van der Waals surface area contributed by atoms with E-state index in [1.807, 2.05) is 12.1 Å². The van der Waals surface area contributed by atoms with E-state index in [0.717, 1.165) is 6.42 Å². The van der Waals surface area contributed by atoms with E-state index in [-0.39, 0.29) is 23.8 Å². The molecular weight excluding hydrogens is 250 g/mol. The van der Waals surface area contributed by atoms with E-state index in [9.17, 15) is 4.79 Å². The van der Waals surface area contributed by atoms with Gasteiger partial charge in [-0.2, -0.15) is 0 Å². The summed E-state index contributed by atoms with van der Waals surface area (Å²) in [4.78, 5) is 12.2. The highest BCUT2D eigenvalue weighted by atomic mass is 16.3. The predicted octanol–water partition coefficient (Wildman–Crippen LogP) is 2.62. The Balaban J connectivity index is 1.86. The summed E-state index contributed by atoms with van der Waals surface area (Å²) in [5.74, 6) is 0.669. The van der Waals surface area contributed by atoms with Crippen LogP contribution in [0.4, 0.5) is 0 Å². The second-order valence-electron chi connectivity index (χ2n) is 6.66. The molecule has 0 aromatic heterocycles. The van der Waals surface area contributed by atoms with Crippen LogP contribution in [-0.2, 0) is 4.79 Å². The maximum absolute atomic E-state index is 12.2. The zero-order chi connectivity index (χ0) is 14.8. The first kappa shape index (κ1) is 15.0. The summed E-state index contributed by atoms with van der Waals surface area (Å²) < 4.78 is 0. The van der Waals surface area contributed by atoms with Gasteiger partial charge in [-0.3, -0.25) is 4.79 Å². The number of hydrogen-bond acceptors (Lipinski definition) is 2. The molecule has 110 valence electrons. The fourth-order valence-corrected chi connectivity index (χ4v) is 2.68. The van der Waals surface area contributed by atoms with Crippen molar-refractivity contribution in [3.05, 3.63) is 35.4 Å². The number of benzene rings is 1. The molecule has 1 saturated carbocycles. The summed E-state index contributed by atoms with van der Waals surface area (Å²) in [7, 11) is 0. The van der Waals surface area contributed by atoms with E-state index in [1.165, 1.54) is 11.1 Å². The van der Waals surface area contributed by atoms with Crippen molar-refractivity contribution in [2.75, 3.05) is 13.2 Å². The van der Waals surface area contributed by atoms with Gasteiger partial charge in [0.2, 0.25) is 5.91 Å². The largest absolute Gasteiger partial charge is 0.396 e. The number of aryl methyl sites for hydroxylation is 1.